The second kappa shape index (κ2) is 16.3. The first-order valence-electron chi connectivity index (χ1n) is 8.07. The molecule has 0 saturated carbocycles. The third kappa shape index (κ3) is 9.53. The van der Waals surface area contributed by atoms with Crippen LogP contribution in [-0.4, -0.2) is 32.9 Å². The zero-order chi connectivity index (χ0) is 16.7. The Morgan fingerprint density at radius 1 is 1.19 bits per heavy atom. The Labute approximate surface area is 137 Å². The van der Waals surface area contributed by atoms with E-state index in [2.05, 4.69) is 55.8 Å². The summed E-state index contributed by atoms with van der Waals surface area (Å²) >= 11 is 4.30. The van der Waals surface area contributed by atoms with Crippen LogP contribution in [0.5, 0.6) is 0 Å². The molecule has 1 aliphatic carbocycles. The van der Waals surface area contributed by atoms with E-state index in [4.69, 9.17) is 0 Å². The molecule has 1 aliphatic rings. The van der Waals surface area contributed by atoms with Crippen LogP contribution in [0.1, 0.15) is 52.4 Å². The summed E-state index contributed by atoms with van der Waals surface area (Å²) < 4.78 is 0. The molecule has 1 rings (SSSR count). The molecule has 0 aromatic rings. The molecule has 0 spiro atoms. The summed E-state index contributed by atoms with van der Waals surface area (Å²) in [6.45, 7) is 4.61. The van der Waals surface area contributed by atoms with Crippen molar-refractivity contribution in [1.82, 2.24) is 10.7 Å². The molecule has 6 N–H and O–H groups in total. The molecular weight excluding hydrogens is 280 g/mol. The quantitative estimate of drug-likeness (QED) is 0.157. The van der Waals surface area contributed by atoms with Gasteiger partial charge in [0.25, 0.3) is 0 Å². The highest BCUT2D eigenvalue weighted by atomic mass is 32.1. The summed E-state index contributed by atoms with van der Waals surface area (Å²) in [5, 5.41) is 3.50. The molecular formula is C16H38N4S. The van der Waals surface area contributed by atoms with Crippen molar-refractivity contribution in [2.75, 3.05) is 26.9 Å². The van der Waals surface area contributed by atoms with Gasteiger partial charge in [-0.1, -0.05) is 24.5 Å². The molecule has 128 valence electrons. The van der Waals surface area contributed by atoms with Crippen LogP contribution in [-0.2, 0) is 0 Å². The van der Waals surface area contributed by atoms with Crippen LogP contribution in [0.25, 0.3) is 0 Å². The Hall–Kier alpha value is -0.0700. The molecule has 0 amide bonds. The van der Waals surface area contributed by atoms with Gasteiger partial charge in [-0.15, -0.1) is 0 Å². The van der Waals surface area contributed by atoms with Crippen molar-refractivity contribution in [2.24, 2.45) is 17.5 Å². The number of thiol groups is 1. The Balaban J connectivity index is 0. The van der Waals surface area contributed by atoms with Gasteiger partial charge in [-0.2, -0.15) is 12.6 Å². The van der Waals surface area contributed by atoms with Gasteiger partial charge in [0.1, 0.15) is 0 Å². The van der Waals surface area contributed by atoms with Crippen molar-refractivity contribution in [3.8, 4) is 0 Å². The zero-order valence-corrected chi connectivity index (χ0v) is 15.6. The maximum absolute atomic E-state index is 4.60. The SMILES string of the molecule is CCC(NC)C(CCCCS)C1=C(C)CC1.CN.CNN. The van der Waals surface area contributed by atoms with Crippen molar-refractivity contribution < 1.29 is 0 Å². The fourth-order valence-corrected chi connectivity index (χ4v) is 3.03. The van der Waals surface area contributed by atoms with E-state index in [1.54, 1.807) is 18.2 Å². The molecule has 2 unspecified atom stereocenters. The van der Waals surface area contributed by atoms with Crippen LogP contribution >= 0.6 is 12.6 Å². The maximum Gasteiger partial charge on any atom is 0.0127 e. The number of unbranched alkanes of at least 4 members (excludes halogenated alkanes) is 1. The van der Waals surface area contributed by atoms with Crippen LogP contribution in [0.15, 0.2) is 11.1 Å². The molecule has 0 saturated heterocycles. The van der Waals surface area contributed by atoms with Gasteiger partial charge >= 0.3 is 0 Å². The molecule has 21 heavy (non-hydrogen) atoms. The lowest BCUT2D eigenvalue weighted by Gasteiger charge is -2.34. The largest absolute Gasteiger partial charge is 0.333 e. The molecule has 0 heterocycles. The number of hydrogen-bond acceptors (Lipinski definition) is 5. The zero-order valence-electron chi connectivity index (χ0n) is 14.7. The molecule has 0 aromatic heterocycles. The standard InChI is InChI=1S/C14H27NS.CH6N2.CH5N/c1-4-14(15-3)13(7-5-6-10-16)12-9-8-11(12)2;1-3-2;1-2/h13-16H,4-10H2,1-3H3;3H,2H2,1H3;2H2,1H3. The molecule has 0 radical (unpaired) electrons. The summed E-state index contributed by atoms with van der Waals surface area (Å²) in [7, 11) is 5.26. The Bertz CT molecular complexity index is 253. The number of hydrogen-bond donors (Lipinski definition) is 5. The molecule has 2 atom stereocenters. The van der Waals surface area contributed by atoms with E-state index < -0.39 is 0 Å². The molecule has 0 bridgehead atoms. The van der Waals surface area contributed by atoms with E-state index in [-0.39, 0.29) is 0 Å². The number of allylic oxidation sites excluding steroid dienone is 1. The molecule has 4 nitrogen and oxygen atoms in total. The van der Waals surface area contributed by atoms with Gasteiger partial charge in [-0.25, -0.2) is 0 Å². The summed E-state index contributed by atoms with van der Waals surface area (Å²) in [5.74, 6) is 6.41. The highest BCUT2D eigenvalue weighted by molar-refractivity contribution is 7.80. The second-order valence-corrected chi connectivity index (χ2v) is 5.67. The van der Waals surface area contributed by atoms with E-state index in [0.29, 0.717) is 6.04 Å². The fraction of sp³-hybridized carbons (Fsp3) is 0.875. The van der Waals surface area contributed by atoms with E-state index in [9.17, 15) is 0 Å². The van der Waals surface area contributed by atoms with Crippen LogP contribution in [0.4, 0.5) is 0 Å². The Morgan fingerprint density at radius 2 is 1.76 bits per heavy atom. The Kier molecular flexibility index (Phi) is 18.0. The van der Waals surface area contributed by atoms with Crippen molar-refractivity contribution in [3.63, 3.8) is 0 Å². The third-order valence-electron chi connectivity index (χ3n) is 3.98. The lowest BCUT2D eigenvalue weighted by molar-refractivity contribution is 0.357. The molecule has 5 heteroatoms. The van der Waals surface area contributed by atoms with Gasteiger partial charge in [-0.05, 0) is 71.8 Å². The van der Waals surface area contributed by atoms with Crippen molar-refractivity contribution >= 4 is 12.6 Å². The second-order valence-electron chi connectivity index (χ2n) is 5.22. The first-order chi connectivity index (χ1) is 10.2. The fourth-order valence-electron chi connectivity index (χ4n) is 2.81. The van der Waals surface area contributed by atoms with Gasteiger partial charge in [0.05, 0.1) is 0 Å². The summed E-state index contributed by atoms with van der Waals surface area (Å²) in [4.78, 5) is 0. The number of hydrazine groups is 1. The van der Waals surface area contributed by atoms with Crippen LogP contribution < -0.4 is 22.3 Å². The van der Waals surface area contributed by atoms with Gasteiger partial charge in [0.15, 0.2) is 0 Å². The first kappa shape index (κ1) is 23.2. The third-order valence-corrected chi connectivity index (χ3v) is 4.30. The van der Waals surface area contributed by atoms with E-state index in [0.717, 1.165) is 11.7 Å². The monoisotopic (exact) mass is 318 g/mol. The summed E-state index contributed by atoms with van der Waals surface area (Å²) in [6.07, 6.45) is 7.83. The lowest BCUT2D eigenvalue weighted by atomic mass is 9.75. The topological polar surface area (TPSA) is 76.1 Å². The average Bonchev–Trinajstić information content (AvgIpc) is 2.49. The predicted molar refractivity (Wildman–Crippen MR) is 99.6 cm³/mol. The number of nitrogens with two attached hydrogens (primary N) is 2. The minimum absolute atomic E-state index is 0.671. The maximum atomic E-state index is 4.60. The number of nitrogens with one attached hydrogen (secondary N) is 2. The average molecular weight is 319 g/mol. The van der Waals surface area contributed by atoms with E-state index >= 15 is 0 Å². The predicted octanol–water partition coefficient (Wildman–Crippen LogP) is 2.47. The van der Waals surface area contributed by atoms with E-state index in [1.807, 2.05) is 0 Å². The Morgan fingerprint density at radius 3 is 2.05 bits per heavy atom. The first-order valence-corrected chi connectivity index (χ1v) is 8.71. The molecule has 0 aliphatic heterocycles. The van der Waals surface area contributed by atoms with Crippen LogP contribution in [0.2, 0.25) is 0 Å². The number of rotatable bonds is 8. The summed E-state index contributed by atoms with van der Waals surface area (Å²) in [5.41, 5.74) is 10.2. The van der Waals surface area contributed by atoms with E-state index in [1.165, 1.54) is 45.6 Å². The van der Waals surface area contributed by atoms with Crippen molar-refractivity contribution in [1.29, 1.82) is 0 Å². The molecule has 0 fully saturated rings. The van der Waals surface area contributed by atoms with Gasteiger partial charge in [0, 0.05) is 6.04 Å². The minimum atomic E-state index is 0.671. The van der Waals surface area contributed by atoms with Gasteiger partial charge < -0.3 is 11.1 Å². The van der Waals surface area contributed by atoms with Crippen LogP contribution in [0.3, 0.4) is 0 Å². The lowest BCUT2D eigenvalue weighted by Crippen LogP contribution is -2.35. The summed E-state index contributed by atoms with van der Waals surface area (Å²) in [6, 6.07) is 0.671. The normalized spacial score (nSPS) is 16.0. The highest BCUT2D eigenvalue weighted by Gasteiger charge is 2.27. The highest BCUT2D eigenvalue weighted by Crippen LogP contribution is 2.38. The van der Waals surface area contributed by atoms with Gasteiger partial charge in [0.2, 0.25) is 0 Å². The van der Waals surface area contributed by atoms with Crippen LogP contribution in [0, 0.1) is 5.92 Å². The smallest absolute Gasteiger partial charge is 0.0127 e. The van der Waals surface area contributed by atoms with Gasteiger partial charge in [-0.3, -0.25) is 11.3 Å². The minimum Gasteiger partial charge on any atom is -0.333 e. The molecule has 0 aromatic carbocycles. The van der Waals surface area contributed by atoms with Crippen molar-refractivity contribution in [3.05, 3.63) is 11.1 Å². The van der Waals surface area contributed by atoms with Crippen molar-refractivity contribution in [2.45, 2.75) is 58.4 Å².